The zero-order valence-electron chi connectivity index (χ0n) is 53.5. The lowest BCUT2D eigenvalue weighted by Crippen LogP contribution is -2.72. The molecule has 0 aliphatic carbocycles. The molecule has 0 aromatic heterocycles. The van der Waals surface area contributed by atoms with Crippen molar-refractivity contribution in [3.8, 4) is 11.5 Å². The largest absolute Gasteiger partial charge is 0.505 e. The van der Waals surface area contributed by atoms with Gasteiger partial charge in [-0.15, -0.1) is 0 Å². The Hall–Kier alpha value is -2.70. The van der Waals surface area contributed by atoms with Crippen molar-refractivity contribution in [1.82, 2.24) is 0 Å². The minimum atomic E-state index is -2.02. The average molecular weight is 1380 g/mol. The maximum absolute atomic E-state index is 13.5. The Balaban J connectivity index is 0.715. The van der Waals surface area contributed by atoms with Crippen LogP contribution in [0.5, 0.6) is 11.5 Å². The van der Waals surface area contributed by atoms with Crippen molar-refractivity contribution in [3.05, 3.63) is 21.2 Å². The molecule has 32 atom stereocenters. The Bertz CT molecular complexity index is 2780. The minimum Gasteiger partial charge on any atom is -0.505 e. The van der Waals surface area contributed by atoms with Crippen molar-refractivity contribution in [1.29, 1.82) is 0 Å². The van der Waals surface area contributed by atoms with Crippen LogP contribution in [0.2, 0.25) is 10.0 Å². The maximum atomic E-state index is 13.5. The number of carbonyl (C=O) groups is 2. The molecule has 11 rings (SSSR count). The number of fused-ring (bicyclic) bond motifs is 4. The zero-order valence-corrected chi connectivity index (χ0v) is 55.0. The Labute approximate surface area is 545 Å². The summed E-state index contributed by atoms with van der Waals surface area (Å²) in [6.07, 6.45) is -33.6. The standard InChI is InChI=1S/C59H86Cl2O32/c1-20-34(45(73-12)36(61)37(66)35(20)60)52(69)85-40-21(2)78-32(14-28(40)64)83-41-23(4)88-57(15-29(41)65)92-49-24(5)79-33(16-56(49,9)93-57)84-46-39(68)53(80-22(3)42(46)72-11)86-43-30(17-71-10)82-55(47(74-13)38(43)67)87-54-48(81-27(8)63)44-31(18-75-54)90-59(91-44)51-50(76-19-77-51)58(70,25(6)62)26(7)89-59/h21-26,28-33,38-44,46-51,53-55,62,64-68,70H,14-19H2,1-13H3. The number of hydrogen-bond acceptors (Lipinski definition) is 32. The molecule has 93 heavy (non-hydrogen) atoms. The van der Waals surface area contributed by atoms with E-state index in [1.54, 1.807) is 34.6 Å². The van der Waals surface area contributed by atoms with Crippen LogP contribution in [0.25, 0.3) is 0 Å². The Morgan fingerprint density at radius 2 is 1.35 bits per heavy atom. The molecule has 528 valence electrons. The van der Waals surface area contributed by atoms with Gasteiger partial charge in [0.2, 0.25) is 6.29 Å². The monoisotopic (exact) mass is 1380 g/mol. The van der Waals surface area contributed by atoms with E-state index < -0.39 is 213 Å². The summed E-state index contributed by atoms with van der Waals surface area (Å²) in [7, 11) is 5.35. The first-order valence-electron chi connectivity index (χ1n) is 30.9. The van der Waals surface area contributed by atoms with Crippen molar-refractivity contribution >= 4 is 35.1 Å². The molecule has 34 heteroatoms. The van der Waals surface area contributed by atoms with Crippen LogP contribution < -0.4 is 4.74 Å². The highest BCUT2D eigenvalue weighted by molar-refractivity contribution is 6.39. The fourth-order valence-corrected chi connectivity index (χ4v) is 15.1. The lowest BCUT2D eigenvalue weighted by Gasteiger charge is -2.51. The van der Waals surface area contributed by atoms with Crippen molar-refractivity contribution in [2.24, 2.45) is 0 Å². The van der Waals surface area contributed by atoms with Gasteiger partial charge in [-0.1, -0.05) is 23.2 Å². The van der Waals surface area contributed by atoms with E-state index in [9.17, 15) is 45.3 Å². The zero-order chi connectivity index (χ0) is 67.3. The minimum absolute atomic E-state index is 0.00659. The molecule has 32 unspecified atom stereocenters. The number of aliphatic hydroxyl groups excluding tert-OH is 5. The summed E-state index contributed by atoms with van der Waals surface area (Å²) in [5.74, 6) is -6.16. The highest BCUT2D eigenvalue weighted by atomic mass is 35.5. The molecule has 10 heterocycles. The second-order valence-electron chi connectivity index (χ2n) is 25.4. The molecule has 7 N–H and O–H groups in total. The van der Waals surface area contributed by atoms with Gasteiger partial charge >= 0.3 is 17.9 Å². The summed E-state index contributed by atoms with van der Waals surface area (Å²) < 4.78 is 141. The van der Waals surface area contributed by atoms with Crippen molar-refractivity contribution in [3.63, 3.8) is 0 Å². The molecule has 0 bridgehead atoms. The molecular formula is C59H86Cl2O32. The van der Waals surface area contributed by atoms with Crippen LogP contribution in [0.1, 0.15) is 90.6 Å². The van der Waals surface area contributed by atoms with Crippen LogP contribution in [0.4, 0.5) is 0 Å². The molecule has 10 aliphatic heterocycles. The third-order valence-electron chi connectivity index (χ3n) is 19.1. The number of carbonyl (C=O) groups excluding carboxylic acids is 2. The number of phenolic OH excluding ortho intramolecular Hbond substituents is 1. The van der Waals surface area contributed by atoms with Gasteiger partial charge in [-0.2, -0.15) is 0 Å². The molecule has 10 saturated heterocycles. The number of rotatable bonds is 17. The Kier molecular flexibility index (Phi) is 21.4. The van der Waals surface area contributed by atoms with Crippen LogP contribution >= 0.6 is 23.2 Å². The average Bonchev–Trinajstić information content (AvgIpc) is 1.59. The van der Waals surface area contributed by atoms with Crippen LogP contribution in [0.3, 0.4) is 0 Å². The third-order valence-corrected chi connectivity index (χ3v) is 19.9. The van der Waals surface area contributed by atoms with Crippen molar-refractivity contribution in [2.45, 2.75) is 277 Å². The molecule has 1 aromatic carbocycles. The fraction of sp³-hybridized carbons (Fsp3) is 0.864. The lowest BCUT2D eigenvalue weighted by atomic mass is 9.80. The molecule has 0 radical (unpaired) electrons. The highest BCUT2D eigenvalue weighted by Gasteiger charge is 2.73. The topological polar surface area (TPSA) is 388 Å². The van der Waals surface area contributed by atoms with E-state index in [2.05, 4.69) is 0 Å². The van der Waals surface area contributed by atoms with Gasteiger partial charge < -0.3 is 145 Å². The summed E-state index contributed by atoms with van der Waals surface area (Å²) in [4.78, 5) is 26.3. The normalized spacial score (nSPS) is 48.4. The summed E-state index contributed by atoms with van der Waals surface area (Å²) in [5.41, 5.74) is -3.13. The molecular weight excluding hydrogens is 1290 g/mol. The smallest absolute Gasteiger partial charge is 0.342 e. The number of hydrogen-bond donors (Lipinski definition) is 7. The van der Waals surface area contributed by atoms with Crippen LogP contribution in [-0.2, 0) is 109 Å². The predicted octanol–water partition coefficient (Wildman–Crippen LogP) is 0.208. The van der Waals surface area contributed by atoms with E-state index in [0.717, 1.165) is 0 Å². The second-order valence-corrected chi connectivity index (χ2v) is 26.2. The summed E-state index contributed by atoms with van der Waals surface area (Å²) in [6.45, 7) is 13.2. The Morgan fingerprint density at radius 1 is 0.667 bits per heavy atom. The number of benzene rings is 1. The number of esters is 2. The SMILES string of the molecule is COCC1OC(OC2OCC3OC4(OC3C2OC(C)=O)OC(C)C(O)(C(C)O)C2OCOC24)C(OC)C(O)C1OC1OC(C)C(OC)C(OC2CC3(C)OC4(CC(O)C(OC5CC(O)C(OC(=O)c6c(C)c(Cl)c(O)c(Cl)c6OC)C(C)O5)C(C)O4)OC3C(C)O2)C1O. The van der Waals surface area contributed by atoms with Gasteiger partial charge in [0.1, 0.15) is 102 Å². The van der Waals surface area contributed by atoms with Gasteiger partial charge in [0, 0.05) is 41.1 Å². The van der Waals surface area contributed by atoms with Gasteiger partial charge in [0.25, 0.3) is 5.97 Å². The highest BCUT2D eigenvalue weighted by Crippen LogP contribution is 2.53. The van der Waals surface area contributed by atoms with Gasteiger partial charge in [0.05, 0.1) is 80.6 Å². The van der Waals surface area contributed by atoms with Crippen LogP contribution in [-0.4, -0.2) is 291 Å². The lowest BCUT2D eigenvalue weighted by molar-refractivity contribution is -0.439. The van der Waals surface area contributed by atoms with Crippen LogP contribution in [0.15, 0.2) is 0 Å². The van der Waals surface area contributed by atoms with Crippen LogP contribution in [0, 0.1) is 6.92 Å². The maximum Gasteiger partial charge on any atom is 0.342 e. The molecule has 10 fully saturated rings. The summed E-state index contributed by atoms with van der Waals surface area (Å²) in [5, 5.41) is 79.6. The summed E-state index contributed by atoms with van der Waals surface area (Å²) >= 11 is 12.5. The molecule has 10 aliphatic rings. The summed E-state index contributed by atoms with van der Waals surface area (Å²) in [6, 6.07) is 0. The van der Waals surface area contributed by atoms with E-state index in [1.807, 2.05) is 0 Å². The van der Waals surface area contributed by atoms with E-state index in [0.29, 0.717) is 0 Å². The van der Waals surface area contributed by atoms with Gasteiger partial charge in [-0.3, -0.25) is 4.79 Å². The number of aromatic hydroxyl groups is 1. The van der Waals surface area contributed by atoms with E-state index >= 15 is 0 Å². The molecule has 0 saturated carbocycles. The number of aliphatic hydroxyl groups is 6. The molecule has 32 nitrogen and oxygen atoms in total. The first-order chi connectivity index (χ1) is 44.0. The molecule has 2 spiro atoms. The molecule has 1 aromatic rings. The van der Waals surface area contributed by atoms with Gasteiger partial charge in [-0.25, -0.2) is 4.79 Å². The number of phenols is 1. The van der Waals surface area contributed by atoms with E-state index in [1.165, 1.54) is 56.1 Å². The van der Waals surface area contributed by atoms with Gasteiger partial charge in [0.15, 0.2) is 55.0 Å². The predicted molar refractivity (Wildman–Crippen MR) is 305 cm³/mol. The first-order valence-corrected chi connectivity index (χ1v) is 31.7. The fourth-order valence-electron chi connectivity index (χ4n) is 14.6. The second kappa shape index (κ2) is 27.8. The Morgan fingerprint density at radius 3 is 2.01 bits per heavy atom. The first kappa shape index (κ1) is 71.6. The van der Waals surface area contributed by atoms with E-state index in [-0.39, 0.29) is 66.2 Å². The number of ether oxygens (including phenoxy) is 23. The number of halogens is 2. The van der Waals surface area contributed by atoms with Crippen molar-refractivity contribution < 1.29 is 154 Å². The van der Waals surface area contributed by atoms with Crippen molar-refractivity contribution in [2.75, 3.05) is 48.4 Å². The number of methoxy groups -OCH3 is 4. The van der Waals surface area contributed by atoms with Gasteiger partial charge in [-0.05, 0) is 61.0 Å². The third kappa shape index (κ3) is 13.1. The molecule has 0 amide bonds. The van der Waals surface area contributed by atoms with E-state index in [4.69, 9.17) is 132 Å². The quantitative estimate of drug-likeness (QED) is 0.103.